The van der Waals surface area contributed by atoms with Gasteiger partial charge in [-0.1, -0.05) is 98.1 Å². The van der Waals surface area contributed by atoms with Crippen LogP contribution in [0.4, 0.5) is 0 Å². The molecule has 0 aliphatic heterocycles. The normalized spacial score (nSPS) is 24.8. The molecule has 0 nitrogen and oxygen atoms in total. The molecule has 2 fully saturated rings. The first kappa shape index (κ1) is 20.2. The van der Waals surface area contributed by atoms with Crippen LogP contribution in [0.3, 0.4) is 0 Å². The van der Waals surface area contributed by atoms with Gasteiger partial charge in [0.15, 0.2) is 0 Å². The van der Waals surface area contributed by atoms with Crippen molar-refractivity contribution in [3.8, 4) is 0 Å². The monoisotopic (exact) mass is 435 g/mol. The average molecular weight is 436 g/mol. The largest absolute Gasteiger partial charge is 0.149 e. The zero-order valence-electron chi connectivity index (χ0n) is 18.7. The van der Waals surface area contributed by atoms with Crippen LogP contribution >= 0.6 is 11.3 Å². The second-order valence-corrected chi connectivity index (χ2v) is 10.6. The second-order valence-electron chi connectivity index (χ2n) is 9.67. The molecule has 2 unspecified atom stereocenters. The maximum absolute atomic E-state index is 2.45. The quantitative estimate of drug-likeness (QED) is 0.300. The van der Waals surface area contributed by atoms with Crippen LogP contribution in [-0.2, 0) is 5.41 Å². The summed E-state index contributed by atoms with van der Waals surface area (Å²) >= 11 is 1.95. The molecule has 0 bridgehead atoms. The van der Waals surface area contributed by atoms with Gasteiger partial charge in [-0.2, -0.15) is 0 Å². The maximum atomic E-state index is 2.45. The maximum Gasteiger partial charge on any atom is 0.0350 e. The van der Waals surface area contributed by atoms with Gasteiger partial charge in [0.05, 0.1) is 0 Å². The molecule has 1 radical (unpaired) electrons. The summed E-state index contributed by atoms with van der Waals surface area (Å²) in [4.78, 5) is 1.55. The zero-order chi connectivity index (χ0) is 21.4. The predicted octanol–water partition coefficient (Wildman–Crippen LogP) is 8.92. The van der Waals surface area contributed by atoms with Gasteiger partial charge in [-0.15, -0.1) is 11.3 Å². The van der Waals surface area contributed by atoms with Crippen molar-refractivity contribution in [1.82, 2.24) is 0 Å². The lowest BCUT2D eigenvalue weighted by Crippen LogP contribution is -2.40. The van der Waals surface area contributed by atoms with E-state index in [2.05, 4.69) is 90.3 Å². The molecule has 1 heteroatoms. The Morgan fingerprint density at radius 2 is 1.47 bits per heavy atom. The predicted molar refractivity (Wildman–Crippen MR) is 137 cm³/mol. The molecular formula is C31H31S. The first-order valence-electron chi connectivity index (χ1n) is 12.3. The summed E-state index contributed by atoms with van der Waals surface area (Å²) < 4.78 is 0. The van der Waals surface area contributed by atoms with Crippen LogP contribution in [0.5, 0.6) is 0 Å². The third-order valence-corrected chi connectivity index (χ3v) is 9.15. The summed E-state index contributed by atoms with van der Waals surface area (Å²) in [6.45, 7) is 0. The van der Waals surface area contributed by atoms with Crippen LogP contribution in [0, 0.1) is 11.8 Å². The Labute approximate surface area is 196 Å². The summed E-state index contributed by atoms with van der Waals surface area (Å²) in [5.74, 6) is 3.07. The molecule has 0 N–H and O–H groups in total. The Bertz CT molecular complexity index is 1160. The fraction of sp³-hybridized carbons (Fsp3) is 0.323. The molecule has 2 saturated carbocycles. The third kappa shape index (κ3) is 3.17. The zero-order valence-corrected chi connectivity index (χ0v) is 19.5. The van der Waals surface area contributed by atoms with E-state index in [0.29, 0.717) is 5.92 Å². The fourth-order valence-electron chi connectivity index (χ4n) is 6.93. The van der Waals surface area contributed by atoms with Crippen molar-refractivity contribution in [3.05, 3.63) is 112 Å². The van der Waals surface area contributed by atoms with Crippen LogP contribution in [0.25, 0.3) is 10.8 Å². The number of hydrogen-bond donors (Lipinski definition) is 0. The minimum absolute atomic E-state index is 0.0466. The Morgan fingerprint density at radius 1 is 0.688 bits per heavy atom. The molecule has 4 aromatic rings. The third-order valence-electron chi connectivity index (χ3n) is 8.16. The minimum atomic E-state index is -0.0466. The van der Waals surface area contributed by atoms with Crippen molar-refractivity contribution in [2.75, 3.05) is 0 Å². The van der Waals surface area contributed by atoms with Gasteiger partial charge in [-0.3, -0.25) is 0 Å². The highest BCUT2D eigenvalue weighted by molar-refractivity contribution is 7.10. The molecule has 0 spiro atoms. The highest BCUT2D eigenvalue weighted by atomic mass is 32.1. The van der Waals surface area contributed by atoms with Crippen molar-refractivity contribution in [3.63, 3.8) is 0 Å². The van der Waals surface area contributed by atoms with Gasteiger partial charge in [-0.05, 0) is 70.9 Å². The molecule has 0 amide bonds. The van der Waals surface area contributed by atoms with Crippen molar-refractivity contribution < 1.29 is 0 Å². The van der Waals surface area contributed by atoms with E-state index in [-0.39, 0.29) is 5.41 Å². The highest BCUT2D eigenvalue weighted by Gasteiger charge is 2.56. The van der Waals surface area contributed by atoms with Gasteiger partial charge in [0.1, 0.15) is 0 Å². The topological polar surface area (TPSA) is 0 Å². The first-order valence-corrected chi connectivity index (χ1v) is 13.2. The Morgan fingerprint density at radius 3 is 2.28 bits per heavy atom. The smallest absolute Gasteiger partial charge is 0.0350 e. The van der Waals surface area contributed by atoms with Crippen molar-refractivity contribution in [1.29, 1.82) is 0 Å². The average Bonchev–Trinajstić information content (AvgIpc) is 3.53. The molecule has 32 heavy (non-hydrogen) atoms. The van der Waals surface area contributed by atoms with Gasteiger partial charge < -0.3 is 0 Å². The molecule has 0 saturated heterocycles. The molecule has 1 heterocycles. The standard InChI is InChI=1S/C31H31S/c1-3-12-24(13-4-1)27-20-21-29(30-19-10-22-32-30)31(27,25-15-5-2-6-16-25)28-18-9-14-23-11-7-8-17-26(23)28/h2,5-11,14-19,22,24,29H,1,3-4,12-13,20-21H2. The van der Waals surface area contributed by atoms with E-state index in [9.17, 15) is 0 Å². The number of fused-ring (bicyclic) bond motifs is 1. The first-order chi connectivity index (χ1) is 15.9. The van der Waals surface area contributed by atoms with E-state index in [4.69, 9.17) is 0 Å². The van der Waals surface area contributed by atoms with Crippen molar-refractivity contribution >= 4 is 22.1 Å². The number of thiophene rings is 1. The molecule has 1 aromatic heterocycles. The molecule has 2 aliphatic carbocycles. The van der Waals surface area contributed by atoms with Crippen LogP contribution < -0.4 is 0 Å². The molecule has 2 aliphatic rings. The summed E-state index contributed by atoms with van der Waals surface area (Å²) in [5, 5.41) is 5.06. The van der Waals surface area contributed by atoms with Crippen molar-refractivity contribution in [2.24, 2.45) is 5.92 Å². The van der Waals surface area contributed by atoms with Gasteiger partial charge in [0.2, 0.25) is 0 Å². The molecule has 161 valence electrons. The summed E-state index contributed by atoms with van der Waals surface area (Å²) in [5.41, 5.74) is 2.97. The number of benzene rings is 3. The van der Waals surface area contributed by atoms with Gasteiger partial charge in [-0.25, -0.2) is 0 Å². The minimum Gasteiger partial charge on any atom is -0.149 e. The van der Waals surface area contributed by atoms with E-state index in [0.717, 1.165) is 5.92 Å². The van der Waals surface area contributed by atoms with E-state index in [1.807, 2.05) is 17.3 Å². The summed E-state index contributed by atoms with van der Waals surface area (Å²) in [6, 6.07) is 32.2. The van der Waals surface area contributed by atoms with E-state index < -0.39 is 0 Å². The van der Waals surface area contributed by atoms with E-state index in [1.54, 1.807) is 4.88 Å². The Balaban J connectivity index is 1.67. The summed E-state index contributed by atoms with van der Waals surface area (Å²) in [6.07, 6.45) is 9.43. The second kappa shape index (κ2) is 8.52. The van der Waals surface area contributed by atoms with Gasteiger partial charge in [0, 0.05) is 16.2 Å². The van der Waals surface area contributed by atoms with Crippen LogP contribution in [0.15, 0.2) is 90.3 Å². The van der Waals surface area contributed by atoms with Crippen LogP contribution in [0.2, 0.25) is 0 Å². The SMILES string of the molecule is c1ccc(C2(c3cccc4ccccc34)[C](C3CCCCC3)CCC2c2cccs2)cc1. The number of rotatable bonds is 4. The number of hydrogen-bond acceptors (Lipinski definition) is 1. The summed E-state index contributed by atoms with van der Waals surface area (Å²) in [7, 11) is 0. The van der Waals surface area contributed by atoms with E-state index >= 15 is 0 Å². The molecule has 3 aromatic carbocycles. The Hall–Kier alpha value is -2.38. The van der Waals surface area contributed by atoms with Crippen molar-refractivity contribution in [2.45, 2.75) is 56.3 Å². The highest BCUT2D eigenvalue weighted by Crippen LogP contribution is 2.64. The lowest BCUT2D eigenvalue weighted by Gasteiger charge is -2.46. The molecular weight excluding hydrogens is 404 g/mol. The van der Waals surface area contributed by atoms with E-state index in [1.165, 1.54) is 66.8 Å². The molecule has 2 atom stereocenters. The van der Waals surface area contributed by atoms with Gasteiger partial charge in [0.25, 0.3) is 0 Å². The van der Waals surface area contributed by atoms with Crippen LogP contribution in [0.1, 0.15) is 66.9 Å². The fourth-order valence-corrected chi connectivity index (χ4v) is 7.86. The lowest BCUT2D eigenvalue weighted by atomic mass is 9.57. The Kier molecular flexibility index (Phi) is 5.39. The van der Waals surface area contributed by atoms with Crippen LogP contribution in [-0.4, -0.2) is 0 Å². The lowest BCUT2D eigenvalue weighted by molar-refractivity contribution is 0.320. The molecule has 6 rings (SSSR count). The van der Waals surface area contributed by atoms with Gasteiger partial charge >= 0.3 is 0 Å².